The summed E-state index contributed by atoms with van der Waals surface area (Å²) in [6.45, 7) is 9.11. The Morgan fingerprint density at radius 1 is 0.529 bits per heavy atom. The highest BCUT2D eigenvalue weighted by molar-refractivity contribution is 7.19. The quantitative estimate of drug-likeness (QED) is 0.0647. The van der Waals surface area contributed by atoms with E-state index in [1.807, 2.05) is 22.7 Å². The van der Waals surface area contributed by atoms with Gasteiger partial charge in [-0.2, -0.15) is 8.75 Å². The summed E-state index contributed by atoms with van der Waals surface area (Å²) in [5.74, 6) is 0. The lowest BCUT2D eigenvalue weighted by atomic mass is 10.0. The average Bonchev–Trinajstić information content (AvgIpc) is 3.96. The number of unbranched alkanes of at least 4 members (excludes halogenated alkanes) is 10. The predicted molar refractivity (Wildman–Crippen MR) is 229 cm³/mol. The Balaban J connectivity index is 1.18. The molecule has 7 rings (SSSR count). The van der Waals surface area contributed by atoms with Crippen LogP contribution < -0.4 is 10.4 Å². The summed E-state index contributed by atoms with van der Waals surface area (Å²) in [5, 5.41) is 3.34. The highest BCUT2D eigenvalue weighted by Gasteiger charge is 2.36. The minimum atomic E-state index is -0.916. The fraction of sp³-hybridized carbons (Fsp3) is 0.422. The summed E-state index contributed by atoms with van der Waals surface area (Å²) in [4.78, 5) is 5.20. The van der Waals surface area contributed by atoms with Crippen molar-refractivity contribution in [1.29, 1.82) is 0 Å². The molecule has 0 aliphatic carbocycles. The fourth-order valence-electron chi connectivity index (χ4n) is 8.11. The van der Waals surface area contributed by atoms with Crippen molar-refractivity contribution in [1.82, 2.24) is 8.75 Å². The van der Waals surface area contributed by atoms with E-state index in [2.05, 4.69) is 100 Å². The van der Waals surface area contributed by atoms with Crippen molar-refractivity contribution in [2.45, 2.75) is 123 Å². The third-order valence-electron chi connectivity index (χ3n) is 10.9. The number of fused-ring (bicyclic) bond motifs is 4. The van der Waals surface area contributed by atoms with Crippen LogP contribution >= 0.6 is 34.4 Å². The molecule has 1 aliphatic heterocycles. The molecule has 3 aromatic carbocycles. The predicted octanol–water partition coefficient (Wildman–Crippen LogP) is 13.9. The Morgan fingerprint density at radius 3 is 1.69 bits per heavy atom. The molecule has 0 unspecified atom stereocenters. The smallest absolute Gasteiger partial charge is 0.126 e. The Hall–Kier alpha value is -2.90. The SMILES string of the molecule is CCCCCCCCC(CCCCCCCC)[Si]1c2cc(C)ccc2-c2ccc(-c3ccc(-c4ccc(-c5ccc(C)s5)c5nsnc45)s3)cc21. The summed E-state index contributed by atoms with van der Waals surface area (Å²) in [7, 11) is -0.916. The average molecular weight is 746 g/mol. The summed E-state index contributed by atoms with van der Waals surface area (Å²) >= 11 is 5.05. The first-order chi connectivity index (χ1) is 25.1. The normalized spacial score (nSPS) is 12.7. The van der Waals surface area contributed by atoms with Crippen LogP contribution in [0.2, 0.25) is 5.54 Å². The van der Waals surface area contributed by atoms with Crippen LogP contribution in [0.4, 0.5) is 0 Å². The number of rotatable bonds is 18. The molecular weight excluding hydrogens is 693 g/mol. The van der Waals surface area contributed by atoms with Crippen LogP contribution in [0.15, 0.2) is 72.8 Å². The van der Waals surface area contributed by atoms with Gasteiger partial charge in [-0.25, -0.2) is 0 Å². The molecule has 51 heavy (non-hydrogen) atoms. The molecule has 6 heteroatoms. The molecule has 1 aliphatic rings. The van der Waals surface area contributed by atoms with Crippen molar-refractivity contribution in [3.05, 3.63) is 83.2 Å². The standard InChI is InChI=1S/C45H53N2S3Si/c1-5-7-9-11-13-15-17-34(18-16-14-12-10-8-6-2)51-42-29-31(3)19-22-35(42)36-23-21-33(30-43(36)51)39-27-28-41(49-39)38-25-24-37(40-26-20-32(4)48-40)44-45(38)47-50-46-44/h19-30,34H,5-18H2,1-4H3. The number of hydrogen-bond acceptors (Lipinski definition) is 5. The second-order valence-electron chi connectivity index (χ2n) is 14.7. The molecule has 265 valence electrons. The number of hydrogen-bond donors (Lipinski definition) is 0. The lowest BCUT2D eigenvalue weighted by Gasteiger charge is -2.25. The Morgan fingerprint density at radius 2 is 1.06 bits per heavy atom. The van der Waals surface area contributed by atoms with E-state index < -0.39 is 8.80 Å². The molecule has 3 aromatic heterocycles. The van der Waals surface area contributed by atoms with Crippen LogP contribution in [0.3, 0.4) is 0 Å². The molecule has 0 spiro atoms. The second-order valence-corrected chi connectivity index (χ2v) is 20.4. The summed E-state index contributed by atoms with van der Waals surface area (Å²) in [5.41, 5.74) is 11.0. The second kappa shape index (κ2) is 17.3. The van der Waals surface area contributed by atoms with Crippen molar-refractivity contribution in [3.8, 4) is 42.4 Å². The van der Waals surface area contributed by atoms with E-state index in [9.17, 15) is 0 Å². The van der Waals surface area contributed by atoms with E-state index in [1.165, 1.54) is 155 Å². The van der Waals surface area contributed by atoms with E-state index in [0.717, 1.165) is 16.6 Å². The molecule has 2 nitrogen and oxygen atoms in total. The number of benzene rings is 3. The zero-order valence-electron chi connectivity index (χ0n) is 31.0. The molecule has 0 fully saturated rings. The monoisotopic (exact) mass is 745 g/mol. The molecule has 6 aromatic rings. The van der Waals surface area contributed by atoms with E-state index in [1.54, 1.807) is 10.4 Å². The van der Waals surface area contributed by atoms with Gasteiger partial charge in [0.2, 0.25) is 0 Å². The maximum atomic E-state index is 4.81. The van der Waals surface area contributed by atoms with Crippen molar-refractivity contribution >= 4 is 64.6 Å². The molecule has 1 radical (unpaired) electrons. The molecule has 0 N–H and O–H groups in total. The molecular formula is C45H53N2S3Si. The van der Waals surface area contributed by atoms with Crippen molar-refractivity contribution in [2.24, 2.45) is 0 Å². The van der Waals surface area contributed by atoms with Crippen molar-refractivity contribution in [3.63, 3.8) is 0 Å². The van der Waals surface area contributed by atoms with Gasteiger partial charge in [0.05, 0.1) is 11.7 Å². The summed E-state index contributed by atoms with van der Waals surface area (Å²) in [6, 6.07) is 28.4. The Kier molecular flexibility index (Phi) is 12.4. The maximum absolute atomic E-state index is 4.81. The lowest BCUT2D eigenvalue weighted by Crippen LogP contribution is -2.42. The van der Waals surface area contributed by atoms with Gasteiger partial charge in [0.15, 0.2) is 0 Å². The van der Waals surface area contributed by atoms with Gasteiger partial charge in [-0.3, -0.25) is 0 Å². The largest absolute Gasteiger partial charge is 0.172 e. The zero-order chi connectivity index (χ0) is 35.2. The fourth-order valence-corrected chi connectivity index (χ4v) is 14.5. The van der Waals surface area contributed by atoms with Gasteiger partial charge in [-0.05, 0) is 70.7 Å². The van der Waals surface area contributed by atoms with Gasteiger partial charge in [0.25, 0.3) is 0 Å². The molecule has 0 amide bonds. The van der Waals surface area contributed by atoms with Gasteiger partial charge >= 0.3 is 0 Å². The minimum absolute atomic E-state index is 0.791. The highest BCUT2D eigenvalue weighted by Crippen LogP contribution is 2.42. The first kappa shape index (κ1) is 36.5. The molecule has 0 bridgehead atoms. The first-order valence-electron chi connectivity index (χ1n) is 19.6. The van der Waals surface area contributed by atoms with Gasteiger partial charge in [-0.1, -0.05) is 158 Å². The minimum Gasteiger partial charge on any atom is -0.172 e. The van der Waals surface area contributed by atoms with Gasteiger partial charge in [0.1, 0.15) is 19.8 Å². The van der Waals surface area contributed by atoms with Gasteiger partial charge in [0, 0.05) is 30.6 Å². The summed E-state index contributed by atoms with van der Waals surface area (Å²) < 4.78 is 9.58. The number of nitrogens with zero attached hydrogens (tertiary/aromatic N) is 2. The molecule has 0 saturated heterocycles. The molecule has 4 heterocycles. The van der Waals surface area contributed by atoms with Crippen LogP contribution in [-0.2, 0) is 0 Å². The molecule has 0 atom stereocenters. The van der Waals surface area contributed by atoms with Gasteiger partial charge < -0.3 is 0 Å². The van der Waals surface area contributed by atoms with Gasteiger partial charge in [-0.15, -0.1) is 22.7 Å². The van der Waals surface area contributed by atoms with E-state index in [0.29, 0.717) is 0 Å². The highest BCUT2D eigenvalue weighted by atomic mass is 32.1. The van der Waals surface area contributed by atoms with Crippen molar-refractivity contribution < 1.29 is 0 Å². The number of aryl methyl sites for hydroxylation is 2. The lowest BCUT2D eigenvalue weighted by molar-refractivity contribution is 0.531. The van der Waals surface area contributed by atoms with Crippen molar-refractivity contribution in [2.75, 3.05) is 0 Å². The Bertz CT molecular complexity index is 2040. The zero-order valence-corrected chi connectivity index (χ0v) is 34.5. The summed E-state index contributed by atoms with van der Waals surface area (Å²) in [6.07, 6.45) is 19.3. The third kappa shape index (κ3) is 8.20. The van der Waals surface area contributed by atoms with Crippen LogP contribution in [0.5, 0.6) is 0 Å². The van der Waals surface area contributed by atoms with E-state index in [4.69, 9.17) is 8.75 Å². The van der Waals surface area contributed by atoms with E-state index in [-0.39, 0.29) is 0 Å². The number of thiophene rings is 2. The van der Waals surface area contributed by atoms with E-state index >= 15 is 0 Å². The topological polar surface area (TPSA) is 25.8 Å². The van der Waals surface area contributed by atoms with Crippen LogP contribution in [0, 0.1) is 13.8 Å². The third-order valence-corrected chi connectivity index (χ3v) is 17.0. The number of aromatic nitrogens is 2. The Labute approximate surface area is 320 Å². The van der Waals surface area contributed by atoms with Crippen LogP contribution in [0.25, 0.3) is 53.5 Å². The first-order valence-corrected chi connectivity index (χ1v) is 23.5. The van der Waals surface area contributed by atoms with Crippen LogP contribution in [0.1, 0.15) is 114 Å². The van der Waals surface area contributed by atoms with Crippen LogP contribution in [-0.4, -0.2) is 17.5 Å². The maximum Gasteiger partial charge on any atom is 0.126 e. The molecule has 0 saturated carbocycles.